The molecule has 0 aliphatic heterocycles. The first kappa shape index (κ1) is 10.3. The van der Waals surface area contributed by atoms with Gasteiger partial charge in [-0.1, -0.05) is 30.3 Å². The summed E-state index contributed by atoms with van der Waals surface area (Å²) in [5.74, 6) is -0.923. The highest BCUT2D eigenvalue weighted by molar-refractivity contribution is 5.90. The number of carboxylic acid groups (broad SMARTS) is 1. The zero-order chi connectivity index (χ0) is 11.5. The lowest BCUT2D eigenvalue weighted by atomic mass is 10.1. The van der Waals surface area contributed by atoms with E-state index in [4.69, 9.17) is 9.84 Å². The molecule has 0 amide bonds. The summed E-state index contributed by atoms with van der Waals surface area (Å²) in [6.45, 7) is -0.466. The predicted molar refractivity (Wildman–Crippen MR) is 58.7 cm³/mol. The van der Waals surface area contributed by atoms with E-state index in [1.54, 1.807) is 24.3 Å². The van der Waals surface area contributed by atoms with E-state index >= 15 is 0 Å². The molecule has 0 fully saturated rings. The van der Waals surface area contributed by atoms with Gasteiger partial charge in [0.05, 0.1) is 0 Å². The van der Waals surface area contributed by atoms with E-state index < -0.39 is 12.6 Å². The lowest BCUT2D eigenvalue weighted by Gasteiger charge is -2.08. The summed E-state index contributed by atoms with van der Waals surface area (Å²) in [6.07, 6.45) is 0. The molecule has 0 spiro atoms. The van der Waals surface area contributed by atoms with Crippen LogP contribution in [0.5, 0.6) is 11.5 Å². The van der Waals surface area contributed by atoms with E-state index in [1.165, 1.54) is 0 Å². The van der Waals surface area contributed by atoms with Gasteiger partial charge in [-0.2, -0.15) is 0 Å². The first-order chi connectivity index (χ1) is 7.68. The van der Waals surface area contributed by atoms with Crippen molar-refractivity contribution in [3.8, 4) is 11.5 Å². The van der Waals surface area contributed by atoms with Crippen molar-refractivity contribution in [2.45, 2.75) is 0 Å². The summed E-state index contributed by atoms with van der Waals surface area (Å²) in [6, 6.07) is 10.6. The highest BCUT2D eigenvalue weighted by Gasteiger charge is 2.08. The monoisotopic (exact) mass is 218 g/mol. The molecular weight excluding hydrogens is 208 g/mol. The molecule has 0 saturated carbocycles. The molecule has 82 valence electrons. The maximum Gasteiger partial charge on any atom is 0.341 e. The van der Waals surface area contributed by atoms with Crippen molar-refractivity contribution in [2.24, 2.45) is 0 Å². The largest absolute Gasteiger partial charge is 0.504 e. The molecule has 0 aliphatic carbocycles. The second-order valence-corrected chi connectivity index (χ2v) is 3.32. The van der Waals surface area contributed by atoms with Gasteiger partial charge in [0, 0.05) is 5.39 Å². The van der Waals surface area contributed by atoms with Gasteiger partial charge in [0.25, 0.3) is 0 Å². The summed E-state index contributed by atoms with van der Waals surface area (Å²) < 4.78 is 4.96. The van der Waals surface area contributed by atoms with E-state index in [9.17, 15) is 9.90 Å². The topological polar surface area (TPSA) is 66.8 Å². The highest BCUT2D eigenvalue weighted by Crippen LogP contribution is 2.34. The van der Waals surface area contributed by atoms with E-state index in [0.29, 0.717) is 5.39 Å². The van der Waals surface area contributed by atoms with Crippen LogP contribution in [0.3, 0.4) is 0 Å². The van der Waals surface area contributed by atoms with Crippen LogP contribution in [0.15, 0.2) is 36.4 Å². The molecule has 2 rings (SSSR count). The van der Waals surface area contributed by atoms with Crippen LogP contribution in [-0.2, 0) is 4.79 Å². The van der Waals surface area contributed by atoms with Gasteiger partial charge in [-0.15, -0.1) is 0 Å². The van der Waals surface area contributed by atoms with Gasteiger partial charge in [0.1, 0.15) is 0 Å². The molecule has 0 unspecified atom stereocenters. The zero-order valence-corrected chi connectivity index (χ0v) is 8.38. The number of rotatable bonds is 3. The molecule has 4 heteroatoms. The fourth-order valence-corrected chi connectivity index (χ4v) is 1.49. The summed E-state index contributed by atoms with van der Waals surface area (Å²) >= 11 is 0. The Morgan fingerprint density at radius 2 is 1.94 bits per heavy atom. The Hall–Kier alpha value is -2.23. The van der Waals surface area contributed by atoms with E-state index in [2.05, 4.69) is 0 Å². The van der Waals surface area contributed by atoms with E-state index in [0.717, 1.165) is 5.39 Å². The van der Waals surface area contributed by atoms with Crippen molar-refractivity contribution in [1.82, 2.24) is 0 Å². The SMILES string of the molecule is O=C(O)COc1ccc2ccccc2c1O. The molecule has 0 aliphatic rings. The molecule has 0 atom stereocenters. The molecule has 0 heterocycles. The van der Waals surface area contributed by atoms with Crippen molar-refractivity contribution in [2.75, 3.05) is 6.61 Å². The minimum absolute atomic E-state index is 0.0284. The average molecular weight is 218 g/mol. The van der Waals surface area contributed by atoms with Gasteiger partial charge >= 0.3 is 5.97 Å². The van der Waals surface area contributed by atoms with Gasteiger partial charge in [-0.05, 0) is 11.5 Å². The van der Waals surface area contributed by atoms with Crippen LogP contribution in [0.1, 0.15) is 0 Å². The maximum absolute atomic E-state index is 10.3. The number of hydrogen-bond acceptors (Lipinski definition) is 3. The Bertz CT molecular complexity index is 534. The first-order valence-corrected chi connectivity index (χ1v) is 4.74. The smallest absolute Gasteiger partial charge is 0.341 e. The molecule has 2 aromatic rings. The Morgan fingerprint density at radius 1 is 1.19 bits per heavy atom. The predicted octanol–water partition coefficient (Wildman–Crippen LogP) is 2.01. The Balaban J connectivity index is 2.40. The number of aliphatic carboxylic acids is 1. The maximum atomic E-state index is 10.3. The van der Waals surface area contributed by atoms with Gasteiger partial charge in [-0.3, -0.25) is 0 Å². The van der Waals surface area contributed by atoms with Crippen molar-refractivity contribution >= 4 is 16.7 Å². The Morgan fingerprint density at radius 3 is 2.69 bits per heavy atom. The number of fused-ring (bicyclic) bond motifs is 1. The molecular formula is C12H10O4. The summed E-state index contributed by atoms with van der Waals surface area (Å²) in [5, 5.41) is 19.8. The Kier molecular flexibility index (Phi) is 2.64. The number of phenolic OH excluding ortho intramolecular Hbond substituents is 1. The molecule has 16 heavy (non-hydrogen) atoms. The van der Waals surface area contributed by atoms with Gasteiger partial charge in [0.2, 0.25) is 0 Å². The third kappa shape index (κ3) is 1.91. The average Bonchev–Trinajstić information content (AvgIpc) is 2.28. The van der Waals surface area contributed by atoms with Crippen LogP contribution in [-0.4, -0.2) is 22.8 Å². The lowest BCUT2D eigenvalue weighted by molar-refractivity contribution is -0.139. The van der Waals surface area contributed by atoms with E-state index in [-0.39, 0.29) is 11.5 Å². The van der Waals surface area contributed by atoms with Crippen molar-refractivity contribution in [3.63, 3.8) is 0 Å². The third-order valence-electron chi connectivity index (χ3n) is 2.21. The van der Waals surface area contributed by atoms with Crippen LogP contribution < -0.4 is 4.74 Å². The molecule has 4 nitrogen and oxygen atoms in total. The summed E-state index contributed by atoms with van der Waals surface area (Å²) in [4.78, 5) is 10.3. The molecule has 2 aromatic carbocycles. The number of hydrogen-bond donors (Lipinski definition) is 2. The molecule has 2 N–H and O–H groups in total. The van der Waals surface area contributed by atoms with Crippen molar-refractivity contribution < 1.29 is 19.7 Å². The Labute approximate surface area is 91.7 Å². The number of carboxylic acids is 1. The normalized spacial score (nSPS) is 10.2. The van der Waals surface area contributed by atoms with Gasteiger partial charge in [-0.25, -0.2) is 4.79 Å². The quantitative estimate of drug-likeness (QED) is 0.826. The second-order valence-electron chi connectivity index (χ2n) is 3.32. The third-order valence-corrected chi connectivity index (χ3v) is 2.21. The van der Waals surface area contributed by atoms with Crippen LogP contribution in [0.25, 0.3) is 10.8 Å². The molecule has 0 bridgehead atoms. The van der Waals surface area contributed by atoms with Crippen LogP contribution in [0.4, 0.5) is 0 Å². The molecule has 0 aromatic heterocycles. The van der Waals surface area contributed by atoms with Crippen molar-refractivity contribution in [3.05, 3.63) is 36.4 Å². The fraction of sp³-hybridized carbons (Fsp3) is 0.0833. The first-order valence-electron chi connectivity index (χ1n) is 4.74. The van der Waals surface area contributed by atoms with Crippen LogP contribution in [0, 0.1) is 0 Å². The standard InChI is InChI=1S/C12H10O4/c13-11(14)7-16-10-6-5-8-3-1-2-4-9(8)12(10)15/h1-6,15H,7H2,(H,13,14). The van der Waals surface area contributed by atoms with Crippen molar-refractivity contribution in [1.29, 1.82) is 0 Å². The lowest BCUT2D eigenvalue weighted by Crippen LogP contribution is -2.09. The van der Waals surface area contributed by atoms with E-state index in [1.807, 2.05) is 12.1 Å². The van der Waals surface area contributed by atoms with Gasteiger partial charge < -0.3 is 14.9 Å². The number of phenols is 1. The number of carbonyl (C=O) groups is 1. The number of benzene rings is 2. The number of ether oxygens (including phenoxy) is 1. The molecule has 0 saturated heterocycles. The van der Waals surface area contributed by atoms with Crippen LogP contribution >= 0.6 is 0 Å². The van der Waals surface area contributed by atoms with Gasteiger partial charge in [0.15, 0.2) is 18.1 Å². The second kappa shape index (κ2) is 4.10. The van der Waals surface area contributed by atoms with Crippen LogP contribution in [0.2, 0.25) is 0 Å². The molecule has 0 radical (unpaired) electrons. The zero-order valence-electron chi connectivity index (χ0n) is 8.38. The minimum atomic E-state index is -1.08. The summed E-state index contributed by atoms with van der Waals surface area (Å²) in [7, 11) is 0. The minimum Gasteiger partial charge on any atom is -0.504 e. The fourth-order valence-electron chi connectivity index (χ4n) is 1.49. The highest BCUT2D eigenvalue weighted by atomic mass is 16.5. The number of aromatic hydroxyl groups is 1. The summed E-state index contributed by atoms with van der Waals surface area (Å²) in [5.41, 5.74) is 0.